The van der Waals surface area contributed by atoms with Crippen LogP contribution in [-0.4, -0.2) is 37.2 Å². The number of phenols is 1. The quantitative estimate of drug-likeness (QED) is 0.385. The van der Waals surface area contributed by atoms with Crippen LogP contribution in [-0.2, 0) is 16.3 Å². The fourth-order valence-corrected chi connectivity index (χ4v) is 3.78. The highest BCUT2D eigenvalue weighted by Gasteiger charge is 2.46. The minimum absolute atomic E-state index is 0.178. The topological polar surface area (TPSA) is 136 Å². The van der Waals surface area contributed by atoms with Crippen molar-refractivity contribution in [1.82, 2.24) is 0 Å². The van der Waals surface area contributed by atoms with E-state index in [4.69, 9.17) is 9.47 Å². The zero-order valence-electron chi connectivity index (χ0n) is 15.3. The van der Waals surface area contributed by atoms with Gasteiger partial charge in [0, 0.05) is 11.1 Å². The Kier molecular flexibility index (Phi) is 6.00. The Morgan fingerprint density at radius 2 is 1.80 bits per heavy atom. The summed E-state index contributed by atoms with van der Waals surface area (Å²) in [6.45, 7) is 3.41. The molecule has 0 spiro atoms. The summed E-state index contributed by atoms with van der Waals surface area (Å²) in [7, 11) is -3.61. The van der Waals surface area contributed by atoms with Crippen LogP contribution in [0.4, 0.5) is 18.9 Å². The van der Waals surface area contributed by atoms with Crippen molar-refractivity contribution in [2.45, 2.75) is 11.1 Å². The smallest absolute Gasteiger partial charge is 0.423 e. The van der Waals surface area contributed by atoms with Crippen LogP contribution in [0.2, 0.25) is 0 Å². The zero-order chi connectivity index (χ0) is 23.0. The molecule has 2 aromatic rings. The molecule has 2 N–H and O–H groups in total. The lowest BCUT2D eigenvalue weighted by molar-refractivity contribution is -0.388. The summed E-state index contributed by atoms with van der Waals surface area (Å²) >= 11 is 0. The molecular formula is C17H14F3NO8S. The number of methoxy groups -OCH3 is 2. The van der Waals surface area contributed by atoms with Crippen LogP contribution in [0.25, 0.3) is 17.2 Å². The maximum absolute atomic E-state index is 14.0. The first kappa shape index (κ1) is 23.0. The van der Waals surface area contributed by atoms with Gasteiger partial charge in [0.05, 0.1) is 25.2 Å². The van der Waals surface area contributed by atoms with Crippen molar-refractivity contribution in [2.24, 2.45) is 0 Å². The van der Waals surface area contributed by atoms with Gasteiger partial charge in [0.1, 0.15) is 16.2 Å². The second-order valence-corrected chi connectivity index (χ2v) is 7.05. The molecule has 13 heteroatoms. The number of ether oxygens (including phenoxy) is 2. The van der Waals surface area contributed by atoms with E-state index in [0.717, 1.165) is 32.4 Å². The van der Waals surface area contributed by atoms with Crippen LogP contribution in [0.5, 0.6) is 17.2 Å². The Morgan fingerprint density at radius 1 is 1.20 bits per heavy atom. The standard InChI is InChI=1S/C17H14F3NO8S/c1-4-8-5-6-10(22)15(29-3)12(8)13-14(17(18,19)20)9(21(23)24)7-11(28-2)16(13)30(25,26)27/h4-7,22H,1H2,2-3H3,(H,25,26,27). The summed E-state index contributed by atoms with van der Waals surface area (Å²) in [5.41, 5.74) is -5.74. The van der Waals surface area contributed by atoms with Gasteiger partial charge in [-0.05, 0) is 11.6 Å². The normalized spacial score (nSPS) is 11.8. The Morgan fingerprint density at radius 3 is 2.20 bits per heavy atom. The molecule has 0 aliphatic heterocycles. The van der Waals surface area contributed by atoms with E-state index in [1.165, 1.54) is 0 Å². The first-order chi connectivity index (χ1) is 13.8. The molecule has 30 heavy (non-hydrogen) atoms. The number of nitro groups is 1. The van der Waals surface area contributed by atoms with Crippen LogP contribution in [0.3, 0.4) is 0 Å². The van der Waals surface area contributed by atoms with Gasteiger partial charge in [0.15, 0.2) is 11.5 Å². The van der Waals surface area contributed by atoms with Crippen molar-refractivity contribution < 1.29 is 45.6 Å². The Labute approximate surface area is 167 Å². The Hall–Kier alpha value is -3.32. The molecule has 0 saturated heterocycles. The van der Waals surface area contributed by atoms with Crippen LogP contribution in [0.1, 0.15) is 11.1 Å². The minimum Gasteiger partial charge on any atom is -0.504 e. The van der Waals surface area contributed by atoms with Crippen molar-refractivity contribution in [1.29, 1.82) is 0 Å². The number of benzene rings is 2. The van der Waals surface area contributed by atoms with E-state index in [0.29, 0.717) is 0 Å². The summed E-state index contributed by atoms with van der Waals surface area (Å²) in [4.78, 5) is 8.62. The second kappa shape index (κ2) is 7.84. The number of hydrogen-bond acceptors (Lipinski definition) is 7. The van der Waals surface area contributed by atoms with Gasteiger partial charge in [0.2, 0.25) is 0 Å². The molecule has 0 radical (unpaired) electrons. The largest absolute Gasteiger partial charge is 0.504 e. The van der Waals surface area contributed by atoms with Crippen LogP contribution in [0, 0.1) is 10.1 Å². The number of alkyl halides is 3. The van der Waals surface area contributed by atoms with E-state index >= 15 is 0 Å². The first-order valence-electron chi connectivity index (χ1n) is 7.76. The van der Waals surface area contributed by atoms with Gasteiger partial charge in [-0.1, -0.05) is 18.7 Å². The monoisotopic (exact) mass is 449 g/mol. The molecule has 0 bridgehead atoms. The Bertz CT molecular complexity index is 1140. The molecule has 0 aromatic heterocycles. The average Bonchev–Trinajstić information content (AvgIpc) is 2.64. The maximum Gasteiger partial charge on any atom is 0.423 e. The molecule has 0 amide bonds. The average molecular weight is 449 g/mol. The third-order valence-corrected chi connectivity index (χ3v) is 4.95. The first-order valence-corrected chi connectivity index (χ1v) is 9.20. The van der Waals surface area contributed by atoms with Gasteiger partial charge in [0.25, 0.3) is 15.8 Å². The highest BCUT2D eigenvalue weighted by Crippen LogP contribution is 2.53. The van der Waals surface area contributed by atoms with E-state index in [1.54, 1.807) is 0 Å². The molecule has 0 heterocycles. The molecule has 0 saturated carbocycles. The van der Waals surface area contributed by atoms with E-state index in [1.807, 2.05) is 0 Å². The number of nitrogens with zero attached hydrogens (tertiary/aromatic N) is 1. The van der Waals surface area contributed by atoms with E-state index in [9.17, 15) is 41.4 Å². The van der Waals surface area contributed by atoms with Crippen LogP contribution < -0.4 is 9.47 Å². The number of halogens is 3. The zero-order valence-corrected chi connectivity index (χ0v) is 16.2. The van der Waals surface area contributed by atoms with Crippen molar-refractivity contribution in [3.63, 3.8) is 0 Å². The number of hydrogen-bond donors (Lipinski definition) is 2. The number of aromatic hydroxyl groups is 1. The molecule has 0 fully saturated rings. The molecule has 9 nitrogen and oxygen atoms in total. The predicted molar refractivity (Wildman–Crippen MR) is 98.2 cm³/mol. The third kappa shape index (κ3) is 3.89. The third-order valence-electron chi connectivity index (χ3n) is 4.03. The lowest BCUT2D eigenvalue weighted by Gasteiger charge is -2.21. The molecule has 0 aliphatic rings. The van der Waals surface area contributed by atoms with Crippen molar-refractivity contribution in [3.8, 4) is 28.4 Å². The van der Waals surface area contributed by atoms with Gasteiger partial charge < -0.3 is 14.6 Å². The molecule has 162 valence electrons. The minimum atomic E-state index is -5.46. The number of phenolic OH excluding ortho intramolecular Hbond substituents is 1. The van der Waals surface area contributed by atoms with Crippen LogP contribution in [0.15, 0.2) is 29.7 Å². The van der Waals surface area contributed by atoms with Gasteiger partial charge in [-0.3, -0.25) is 14.7 Å². The summed E-state index contributed by atoms with van der Waals surface area (Å²) in [6, 6.07) is 2.35. The van der Waals surface area contributed by atoms with Crippen molar-refractivity contribution >= 4 is 21.9 Å². The maximum atomic E-state index is 14.0. The molecule has 0 unspecified atom stereocenters. The molecular weight excluding hydrogens is 435 g/mol. The van der Waals surface area contributed by atoms with Crippen LogP contribution >= 0.6 is 0 Å². The number of nitro benzene ring substituents is 1. The van der Waals surface area contributed by atoms with E-state index < -0.39 is 65.7 Å². The van der Waals surface area contributed by atoms with E-state index in [-0.39, 0.29) is 11.6 Å². The Balaban J connectivity index is 3.40. The fraction of sp³-hybridized carbons (Fsp3) is 0.176. The summed E-state index contributed by atoms with van der Waals surface area (Å²) in [6.07, 6.45) is -4.45. The molecule has 0 aliphatic carbocycles. The van der Waals surface area contributed by atoms with Crippen molar-refractivity contribution in [2.75, 3.05) is 14.2 Å². The molecule has 2 rings (SSSR count). The predicted octanol–water partition coefficient (Wildman–Crippen LogP) is 3.89. The highest BCUT2D eigenvalue weighted by atomic mass is 32.2. The van der Waals surface area contributed by atoms with Gasteiger partial charge >= 0.3 is 6.18 Å². The summed E-state index contributed by atoms with van der Waals surface area (Å²) in [5, 5.41) is 21.4. The van der Waals surface area contributed by atoms with Gasteiger partial charge in [-0.15, -0.1) is 0 Å². The lowest BCUT2D eigenvalue weighted by atomic mass is 9.92. The summed E-state index contributed by atoms with van der Waals surface area (Å²) in [5.74, 6) is -2.25. The van der Waals surface area contributed by atoms with Gasteiger partial charge in [-0.2, -0.15) is 21.6 Å². The number of rotatable bonds is 6. The fourth-order valence-electron chi connectivity index (χ4n) is 2.93. The summed E-state index contributed by atoms with van der Waals surface area (Å²) < 4.78 is 85.4. The second-order valence-electron chi connectivity index (χ2n) is 5.69. The SMILES string of the molecule is C=Cc1ccc(O)c(OC)c1-c1c(C(F)(F)F)c([N+](=O)[O-])cc(OC)c1S(=O)(=O)O. The van der Waals surface area contributed by atoms with E-state index in [2.05, 4.69) is 6.58 Å². The lowest BCUT2D eigenvalue weighted by Crippen LogP contribution is -2.16. The van der Waals surface area contributed by atoms with Crippen molar-refractivity contribution in [3.05, 3.63) is 46.0 Å². The van der Waals surface area contributed by atoms with Gasteiger partial charge in [-0.25, -0.2) is 0 Å². The molecule has 2 aromatic carbocycles. The highest BCUT2D eigenvalue weighted by molar-refractivity contribution is 7.86. The molecule has 0 atom stereocenters.